The highest BCUT2D eigenvalue weighted by molar-refractivity contribution is 7.92. The summed E-state index contributed by atoms with van der Waals surface area (Å²) in [5, 5.41) is 2.90. The highest BCUT2D eigenvalue weighted by Gasteiger charge is 2.33. The van der Waals surface area contributed by atoms with Gasteiger partial charge in [0, 0.05) is 19.2 Å². The van der Waals surface area contributed by atoms with Gasteiger partial charge in [0.05, 0.1) is 10.6 Å². The van der Waals surface area contributed by atoms with Gasteiger partial charge in [-0.25, -0.2) is 8.42 Å². The van der Waals surface area contributed by atoms with E-state index in [9.17, 15) is 18.0 Å². The standard InChI is InChI=1S/C31H37N3O6S/c1-4-5-17-32-31(36)24(3)33(21-25-12-10-9-11-23(25)2)30(35)22-34(41(37,38)27-13-7-6-8-14-27)26-15-16-28-29(20-26)40-19-18-39-28/h6-16,20,24H,4-5,17-19,21-22H2,1-3H3,(H,32,36)/t24-/m0/s1. The lowest BCUT2D eigenvalue weighted by Crippen LogP contribution is -2.51. The molecule has 2 amide bonds. The Morgan fingerprint density at radius 2 is 1.63 bits per heavy atom. The second-order valence-electron chi connectivity index (χ2n) is 9.92. The highest BCUT2D eigenvalue weighted by Crippen LogP contribution is 2.36. The molecule has 1 aliphatic rings. The van der Waals surface area contributed by atoms with Gasteiger partial charge in [-0.2, -0.15) is 0 Å². The van der Waals surface area contributed by atoms with Crippen LogP contribution in [0.3, 0.4) is 0 Å². The van der Waals surface area contributed by atoms with E-state index in [-0.39, 0.29) is 23.0 Å². The SMILES string of the molecule is CCCCNC(=O)[C@H](C)N(Cc1ccccc1C)C(=O)CN(c1ccc2c(c1)OCCO2)S(=O)(=O)c1ccccc1. The summed E-state index contributed by atoms with van der Waals surface area (Å²) in [6.07, 6.45) is 1.74. The van der Waals surface area contributed by atoms with E-state index in [1.807, 2.05) is 38.1 Å². The maximum atomic E-state index is 14.1. The van der Waals surface area contributed by atoms with E-state index in [2.05, 4.69) is 5.32 Å². The van der Waals surface area contributed by atoms with Crippen LogP contribution in [0.15, 0.2) is 77.7 Å². The summed E-state index contributed by atoms with van der Waals surface area (Å²) >= 11 is 0. The Morgan fingerprint density at radius 1 is 0.951 bits per heavy atom. The first kappa shape index (κ1) is 29.9. The maximum Gasteiger partial charge on any atom is 0.264 e. The number of nitrogens with one attached hydrogen (secondary N) is 1. The van der Waals surface area contributed by atoms with Gasteiger partial charge in [0.1, 0.15) is 25.8 Å². The fraction of sp³-hybridized carbons (Fsp3) is 0.355. The highest BCUT2D eigenvalue weighted by atomic mass is 32.2. The molecule has 4 rings (SSSR count). The van der Waals surface area contributed by atoms with Crippen molar-refractivity contribution in [3.63, 3.8) is 0 Å². The summed E-state index contributed by atoms with van der Waals surface area (Å²) in [5.41, 5.74) is 2.08. The quantitative estimate of drug-likeness (QED) is 0.321. The number of fused-ring (bicyclic) bond motifs is 1. The van der Waals surface area contributed by atoms with Crippen molar-refractivity contribution in [2.75, 3.05) is 30.6 Å². The summed E-state index contributed by atoms with van der Waals surface area (Å²) in [6, 6.07) is 19.5. The number of aryl methyl sites for hydroxylation is 1. The summed E-state index contributed by atoms with van der Waals surface area (Å²) < 4.78 is 40.3. The number of carbonyl (C=O) groups excluding carboxylic acids is 2. The van der Waals surface area contributed by atoms with Crippen molar-refractivity contribution in [3.8, 4) is 11.5 Å². The van der Waals surface area contributed by atoms with E-state index in [1.54, 1.807) is 43.3 Å². The van der Waals surface area contributed by atoms with Gasteiger partial charge >= 0.3 is 0 Å². The Balaban J connectivity index is 1.71. The monoisotopic (exact) mass is 579 g/mol. The molecule has 218 valence electrons. The lowest BCUT2D eigenvalue weighted by Gasteiger charge is -2.32. The lowest BCUT2D eigenvalue weighted by atomic mass is 10.1. The number of ether oxygens (including phenoxy) is 2. The average Bonchev–Trinajstić information content (AvgIpc) is 2.99. The minimum atomic E-state index is -4.16. The normalized spacial score (nSPS) is 13.2. The molecular formula is C31H37N3O6S. The molecule has 0 saturated heterocycles. The topological polar surface area (TPSA) is 105 Å². The third kappa shape index (κ3) is 7.18. The van der Waals surface area contributed by atoms with Gasteiger partial charge in [-0.3, -0.25) is 13.9 Å². The molecule has 3 aromatic rings. The molecule has 1 aliphatic heterocycles. The molecule has 0 aromatic heterocycles. The summed E-state index contributed by atoms with van der Waals surface area (Å²) in [5.74, 6) is 0.0924. The first-order valence-electron chi connectivity index (χ1n) is 13.8. The number of amides is 2. The Labute approximate surface area is 242 Å². The molecule has 10 heteroatoms. The van der Waals surface area contributed by atoms with E-state index in [0.717, 1.165) is 28.3 Å². The number of rotatable bonds is 12. The van der Waals surface area contributed by atoms with Crippen molar-refractivity contribution in [1.82, 2.24) is 10.2 Å². The average molecular weight is 580 g/mol. The van der Waals surface area contributed by atoms with Crippen LogP contribution in [0.1, 0.15) is 37.8 Å². The number of hydrogen-bond acceptors (Lipinski definition) is 6. The zero-order valence-corrected chi connectivity index (χ0v) is 24.5. The number of carbonyl (C=O) groups is 2. The van der Waals surface area contributed by atoms with Gasteiger partial charge in [-0.15, -0.1) is 0 Å². The molecule has 1 heterocycles. The van der Waals surface area contributed by atoms with Crippen LogP contribution < -0.4 is 19.1 Å². The van der Waals surface area contributed by atoms with Gasteiger partial charge < -0.3 is 19.7 Å². The van der Waals surface area contributed by atoms with Gasteiger partial charge in [-0.05, 0) is 55.7 Å². The van der Waals surface area contributed by atoms with Crippen LogP contribution in [0.4, 0.5) is 5.69 Å². The molecule has 1 N–H and O–H groups in total. The zero-order chi connectivity index (χ0) is 29.4. The summed E-state index contributed by atoms with van der Waals surface area (Å²) in [7, 11) is -4.16. The molecule has 3 aromatic carbocycles. The third-order valence-electron chi connectivity index (χ3n) is 7.02. The molecule has 0 saturated carbocycles. The predicted molar refractivity (Wildman–Crippen MR) is 158 cm³/mol. The maximum absolute atomic E-state index is 14.1. The van der Waals surface area contributed by atoms with Gasteiger partial charge in [-0.1, -0.05) is 55.8 Å². The second-order valence-corrected chi connectivity index (χ2v) is 11.8. The molecular weight excluding hydrogens is 542 g/mol. The largest absolute Gasteiger partial charge is 0.486 e. The van der Waals surface area contributed by atoms with Crippen LogP contribution >= 0.6 is 0 Å². The molecule has 0 aliphatic carbocycles. The fourth-order valence-electron chi connectivity index (χ4n) is 4.53. The van der Waals surface area contributed by atoms with Crippen LogP contribution in [0.5, 0.6) is 11.5 Å². The molecule has 0 spiro atoms. The third-order valence-corrected chi connectivity index (χ3v) is 8.81. The van der Waals surface area contributed by atoms with Crippen molar-refractivity contribution in [2.24, 2.45) is 0 Å². The van der Waals surface area contributed by atoms with Crippen molar-refractivity contribution in [3.05, 3.63) is 83.9 Å². The number of sulfonamides is 1. The Bertz CT molecular complexity index is 1460. The van der Waals surface area contributed by atoms with Crippen molar-refractivity contribution in [2.45, 2.75) is 51.1 Å². The van der Waals surface area contributed by atoms with Crippen LogP contribution in [-0.4, -0.2) is 57.5 Å². The summed E-state index contributed by atoms with van der Waals surface area (Å²) in [4.78, 5) is 28.7. The first-order valence-corrected chi connectivity index (χ1v) is 15.3. The smallest absolute Gasteiger partial charge is 0.264 e. The number of benzene rings is 3. The van der Waals surface area contributed by atoms with Crippen LogP contribution in [-0.2, 0) is 26.2 Å². The minimum Gasteiger partial charge on any atom is -0.486 e. The Hall–Kier alpha value is -4.05. The molecule has 0 unspecified atom stereocenters. The zero-order valence-electron chi connectivity index (χ0n) is 23.7. The number of hydrogen-bond donors (Lipinski definition) is 1. The molecule has 9 nitrogen and oxygen atoms in total. The molecule has 0 radical (unpaired) electrons. The molecule has 41 heavy (non-hydrogen) atoms. The summed E-state index contributed by atoms with van der Waals surface area (Å²) in [6.45, 7) is 6.48. The van der Waals surface area contributed by atoms with E-state index < -0.39 is 28.5 Å². The van der Waals surface area contributed by atoms with E-state index in [1.165, 1.54) is 17.0 Å². The van der Waals surface area contributed by atoms with E-state index in [0.29, 0.717) is 31.3 Å². The van der Waals surface area contributed by atoms with Crippen molar-refractivity contribution < 1.29 is 27.5 Å². The Kier molecular flexibility index (Phi) is 9.88. The minimum absolute atomic E-state index is 0.0403. The van der Waals surface area contributed by atoms with Crippen molar-refractivity contribution in [1.29, 1.82) is 0 Å². The molecule has 0 fully saturated rings. The van der Waals surface area contributed by atoms with Crippen LogP contribution in [0.25, 0.3) is 0 Å². The van der Waals surface area contributed by atoms with Gasteiger partial charge in [0.15, 0.2) is 11.5 Å². The second kappa shape index (κ2) is 13.5. The van der Waals surface area contributed by atoms with E-state index >= 15 is 0 Å². The predicted octanol–water partition coefficient (Wildman–Crippen LogP) is 4.30. The van der Waals surface area contributed by atoms with Gasteiger partial charge in [0.25, 0.3) is 10.0 Å². The van der Waals surface area contributed by atoms with Crippen LogP contribution in [0, 0.1) is 6.92 Å². The number of nitrogens with zero attached hydrogens (tertiary/aromatic N) is 2. The Morgan fingerprint density at radius 3 is 2.34 bits per heavy atom. The fourth-order valence-corrected chi connectivity index (χ4v) is 5.95. The molecule has 1 atom stereocenters. The number of unbranched alkanes of at least 4 members (excludes halogenated alkanes) is 1. The van der Waals surface area contributed by atoms with E-state index in [4.69, 9.17) is 9.47 Å². The van der Waals surface area contributed by atoms with Crippen LogP contribution in [0.2, 0.25) is 0 Å². The number of anilines is 1. The molecule has 0 bridgehead atoms. The van der Waals surface area contributed by atoms with Gasteiger partial charge in [0.2, 0.25) is 11.8 Å². The first-order chi connectivity index (χ1) is 19.7. The lowest BCUT2D eigenvalue weighted by molar-refractivity contribution is -0.139. The van der Waals surface area contributed by atoms with Crippen molar-refractivity contribution >= 4 is 27.5 Å².